The standard InChI is InChI=1S/C24H33NO3S2/c1-19-17-23(26)28-22-18-20(11-12-21(19)22)27-15-9-4-2-3-5-10-16-30-24(29)25-13-7-6-8-14-25/h11-12,17-18H,2-10,13-16H2,1H3. The Labute approximate surface area is 189 Å². The molecular weight excluding hydrogens is 414 g/mol. The predicted molar refractivity (Wildman–Crippen MR) is 131 cm³/mol. The van der Waals surface area contributed by atoms with Crippen molar-refractivity contribution in [1.29, 1.82) is 0 Å². The number of likely N-dealkylation sites (tertiary alicyclic amines) is 1. The highest BCUT2D eigenvalue weighted by Crippen LogP contribution is 2.22. The molecule has 1 fully saturated rings. The van der Waals surface area contributed by atoms with E-state index in [9.17, 15) is 4.79 Å². The van der Waals surface area contributed by atoms with Gasteiger partial charge in [-0.2, -0.15) is 0 Å². The molecule has 0 atom stereocenters. The van der Waals surface area contributed by atoms with Crippen LogP contribution in [-0.4, -0.2) is 34.7 Å². The minimum atomic E-state index is -0.316. The number of thiocarbonyl (C=S) groups is 1. The Morgan fingerprint density at radius 3 is 2.60 bits per heavy atom. The Morgan fingerprint density at radius 1 is 1.07 bits per heavy atom. The van der Waals surface area contributed by atoms with Crippen molar-refractivity contribution >= 4 is 39.3 Å². The van der Waals surface area contributed by atoms with Gasteiger partial charge in [0.2, 0.25) is 0 Å². The van der Waals surface area contributed by atoms with E-state index in [2.05, 4.69) is 4.90 Å². The van der Waals surface area contributed by atoms with Gasteiger partial charge in [-0.1, -0.05) is 49.7 Å². The van der Waals surface area contributed by atoms with Gasteiger partial charge in [0.15, 0.2) is 0 Å². The zero-order chi connectivity index (χ0) is 21.2. The van der Waals surface area contributed by atoms with Gasteiger partial charge in [-0.25, -0.2) is 4.79 Å². The number of benzene rings is 1. The summed E-state index contributed by atoms with van der Waals surface area (Å²) < 4.78 is 12.2. The topological polar surface area (TPSA) is 42.7 Å². The molecule has 1 aromatic carbocycles. The number of rotatable bonds is 10. The maximum absolute atomic E-state index is 11.5. The summed E-state index contributed by atoms with van der Waals surface area (Å²) in [5.74, 6) is 1.91. The van der Waals surface area contributed by atoms with Gasteiger partial charge in [0.25, 0.3) is 0 Å². The van der Waals surface area contributed by atoms with Gasteiger partial charge in [-0.3, -0.25) is 0 Å². The fourth-order valence-corrected chi connectivity index (χ4v) is 5.14. The van der Waals surface area contributed by atoms with E-state index in [-0.39, 0.29) is 5.63 Å². The molecule has 0 aliphatic carbocycles. The Morgan fingerprint density at radius 2 is 1.80 bits per heavy atom. The molecule has 1 aliphatic rings. The van der Waals surface area contributed by atoms with E-state index in [4.69, 9.17) is 21.4 Å². The highest BCUT2D eigenvalue weighted by molar-refractivity contribution is 8.22. The molecule has 0 saturated carbocycles. The number of aryl methyl sites for hydroxylation is 1. The van der Waals surface area contributed by atoms with Crippen molar-refractivity contribution in [2.45, 2.75) is 64.7 Å². The molecule has 0 amide bonds. The van der Waals surface area contributed by atoms with Crippen molar-refractivity contribution in [2.75, 3.05) is 25.4 Å². The van der Waals surface area contributed by atoms with E-state index in [0.717, 1.165) is 46.3 Å². The van der Waals surface area contributed by atoms with Gasteiger partial charge >= 0.3 is 5.63 Å². The molecule has 1 saturated heterocycles. The second-order valence-corrected chi connectivity index (χ2v) is 9.77. The Bertz CT molecular complexity index is 874. The summed E-state index contributed by atoms with van der Waals surface area (Å²) in [4.78, 5) is 13.9. The first-order valence-corrected chi connectivity index (χ1v) is 12.6. The van der Waals surface area contributed by atoms with Crippen molar-refractivity contribution in [3.63, 3.8) is 0 Å². The zero-order valence-corrected chi connectivity index (χ0v) is 19.6. The molecule has 0 spiro atoms. The second-order valence-electron chi connectivity index (χ2n) is 8.04. The highest BCUT2D eigenvalue weighted by Gasteiger charge is 2.13. The van der Waals surface area contributed by atoms with Gasteiger partial charge < -0.3 is 14.1 Å². The lowest BCUT2D eigenvalue weighted by Gasteiger charge is -2.28. The van der Waals surface area contributed by atoms with Crippen molar-refractivity contribution in [3.8, 4) is 5.75 Å². The Kier molecular flexibility index (Phi) is 9.53. The molecule has 164 valence electrons. The first-order chi connectivity index (χ1) is 14.6. The van der Waals surface area contributed by atoms with Crippen LogP contribution in [0.3, 0.4) is 0 Å². The number of unbranched alkanes of at least 4 members (excludes halogenated alkanes) is 5. The lowest BCUT2D eigenvalue weighted by atomic mass is 10.1. The van der Waals surface area contributed by atoms with Crippen LogP contribution in [-0.2, 0) is 0 Å². The molecule has 1 aromatic heterocycles. The number of fused-ring (bicyclic) bond motifs is 1. The van der Waals surface area contributed by atoms with E-state index >= 15 is 0 Å². The fraction of sp³-hybridized carbons (Fsp3) is 0.583. The maximum Gasteiger partial charge on any atom is 0.336 e. The average Bonchev–Trinajstić information content (AvgIpc) is 2.75. The van der Waals surface area contributed by atoms with Crippen LogP contribution in [0, 0.1) is 6.92 Å². The zero-order valence-electron chi connectivity index (χ0n) is 18.0. The normalized spacial score (nSPS) is 14.2. The summed E-state index contributed by atoms with van der Waals surface area (Å²) >= 11 is 7.42. The SMILES string of the molecule is Cc1cc(=O)oc2cc(OCCCCCCCCSC(=S)N3CCCCC3)ccc12. The van der Waals surface area contributed by atoms with Crippen LogP contribution in [0.5, 0.6) is 5.75 Å². The third-order valence-corrected chi connectivity index (χ3v) is 7.18. The Hall–Kier alpha value is -1.53. The van der Waals surface area contributed by atoms with Crippen LogP contribution in [0.25, 0.3) is 11.0 Å². The number of ether oxygens (including phenoxy) is 1. The number of hydrogen-bond acceptors (Lipinski definition) is 5. The van der Waals surface area contributed by atoms with E-state index in [1.807, 2.05) is 36.9 Å². The first kappa shape index (κ1) is 23.1. The molecule has 2 aromatic rings. The quantitative estimate of drug-likeness (QED) is 0.241. The smallest absolute Gasteiger partial charge is 0.336 e. The summed E-state index contributed by atoms with van der Waals surface area (Å²) in [6.45, 7) is 4.92. The molecular formula is C24H33NO3S2. The molecule has 0 unspecified atom stereocenters. The van der Waals surface area contributed by atoms with Crippen molar-refractivity contribution in [1.82, 2.24) is 4.90 Å². The van der Waals surface area contributed by atoms with Gasteiger partial charge in [0.1, 0.15) is 15.7 Å². The Balaban J connectivity index is 1.22. The van der Waals surface area contributed by atoms with Gasteiger partial charge in [0, 0.05) is 36.4 Å². The molecule has 0 N–H and O–H groups in total. The molecule has 2 heterocycles. The molecule has 6 heteroatoms. The molecule has 4 nitrogen and oxygen atoms in total. The highest BCUT2D eigenvalue weighted by atomic mass is 32.2. The van der Waals surface area contributed by atoms with Crippen molar-refractivity contribution in [2.24, 2.45) is 0 Å². The third-order valence-electron chi connectivity index (χ3n) is 5.57. The average molecular weight is 448 g/mol. The molecule has 0 radical (unpaired) electrons. The minimum absolute atomic E-state index is 0.316. The van der Waals surface area contributed by atoms with Crippen LogP contribution in [0.15, 0.2) is 33.5 Å². The molecule has 30 heavy (non-hydrogen) atoms. The van der Waals surface area contributed by atoms with E-state index in [1.54, 1.807) is 0 Å². The second kappa shape index (κ2) is 12.4. The fourth-order valence-electron chi connectivity index (χ4n) is 3.82. The summed E-state index contributed by atoms with van der Waals surface area (Å²) in [5, 5.41) is 0.955. The number of hydrogen-bond donors (Lipinski definition) is 0. The summed E-state index contributed by atoms with van der Waals surface area (Å²) in [5.41, 5.74) is 1.21. The van der Waals surface area contributed by atoms with Crippen LogP contribution in [0.1, 0.15) is 63.4 Å². The largest absolute Gasteiger partial charge is 0.493 e. The van der Waals surface area contributed by atoms with Crippen LogP contribution in [0.4, 0.5) is 0 Å². The number of piperidine rings is 1. The predicted octanol–water partition coefficient (Wildman–Crippen LogP) is 6.32. The van der Waals surface area contributed by atoms with E-state index in [1.165, 1.54) is 57.4 Å². The van der Waals surface area contributed by atoms with Gasteiger partial charge in [-0.15, -0.1) is 0 Å². The molecule has 3 rings (SSSR count). The van der Waals surface area contributed by atoms with Crippen LogP contribution < -0.4 is 10.4 Å². The summed E-state index contributed by atoms with van der Waals surface area (Å²) in [6.07, 6.45) is 11.2. The summed E-state index contributed by atoms with van der Waals surface area (Å²) in [7, 11) is 0. The van der Waals surface area contributed by atoms with Gasteiger partial charge in [-0.05, 0) is 56.7 Å². The lowest BCUT2D eigenvalue weighted by Crippen LogP contribution is -2.32. The summed E-state index contributed by atoms with van der Waals surface area (Å²) in [6, 6.07) is 7.24. The maximum atomic E-state index is 11.5. The van der Waals surface area contributed by atoms with Crippen molar-refractivity contribution < 1.29 is 9.15 Å². The van der Waals surface area contributed by atoms with Gasteiger partial charge in [0.05, 0.1) is 6.61 Å². The number of thioether (sulfide) groups is 1. The molecule has 1 aliphatic heterocycles. The van der Waals surface area contributed by atoms with E-state index < -0.39 is 0 Å². The minimum Gasteiger partial charge on any atom is -0.493 e. The first-order valence-electron chi connectivity index (χ1n) is 11.2. The van der Waals surface area contributed by atoms with Crippen LogP contribution >= 0.6 is 24.0 Å². The van der Waals surface area contributed by atoms with Crippen LogP contribution in [0.2, 0.25) is 0 Å². The lowest BCUT2D eigenvalue weighted by molar-refractivity contribution is 0.304. The number of nitrogens with zero attached hydrogens (tertiary/aromatic N) is 1. The molecule has 0 bridgehead atoms. The van der Waals surface area contributed by atoms with E-state index in [0.29, 0.717) is 12.2 Å². The third kappa shape index (κ3) is 7.31. The van der Waals surface area contributed by atoms with Crippen molar-refractivity contribution in [3.05, 3.63) is 40.2 Å². The monoisotopic (exact) mass is 447 g/mol.